The number of rotatable bonds is 6. The van der Waals surface area contributed by atoms with Crippen molar-refractivity contribution in [2.24, 2.45) is 0 Å². The van der Waals surface area contributed by atoms with Crippen molar-refractivity contribution in [3.63, 3.8) is 0 Å². The first-order valence-corrected chi connectivity index (χ1v) is 12.1. The van der Waals surface area contributed by atoms with Crippen LogP contribution in [-0.2, 0) is 14.8 Å². The number of H-pyrrole nitrogens is 1. The monoisotopic (exact) mass is 478 g/mol. The van der Waals surface area contributed by atoms with Crippen LogP contribution in [0.4, 0.5) is 5.69 Å². The molecule has 0 radical (unpaired) electrons. The third-order valence-electron chi connectivity index (χ3n) is 5.42. The summed E-state index contributed by atoms with van der Waals surface area (Å²) >= 11 is 0. The van der Waals surface area contributed by atoms with Gasteiger partial charge < -0.3 is 19.8 Å². The number of carbonyl (C=O) groups is 1. The van der Waals surface area contributed by atoms with Crippen LogP contribution in [0.15, 0.2) is 71.6 Å². The number of fused-ring (bicyclic) bond motifs is 2. The molecule has 0 atom stereocenters. The van der Waals surface area contributed by atoms with Crippen molar-refractivity contribution < 1.29 is 22.7 Å². The van der Waals surface area contributed by atoms with Gasteiger partial charge in [0.15, 0.2) is 11.5 Å². The van der Waals surface area contributed by atoms with Gasteiger partial charge in [0, 0.05) is 24.4 Å². The Morgan fingerprint density at radius 3 is 2.53 bits per heavy atom. The number of nitrogens with zero attached hydrogens (tertiary/aromatic N) is 2. The van der Waals surface area contributed by atoms with Gasteiger partial charge in [0.25, 0.3) is 0 Å². The lowest BCUT2D eigenvalue weighted by Crippen LogP contribution is -2.35. The van der Waals surface area contributed by atoms with E-state index < -0.39 is 15.9 Å². The average molecular weight is 479 g/mol. The lowest BCUT2D eigenvalue weighted by molar-refractivity contribution is -0.116. The molecular formula is C24H22N4O5S. The van der Waals surface area contributed by atoms with E-state index in [-0.39, 0.29) is 11.4 Å². The van der Waals surface area contributed by atoms with Crippen LogP contribution >= 0.6 is 0 Å². The zero-order valence-corrected chi connectivity index (χ0v) is 19.1. The molecule has 1 aliphatic rings. The van der Waals surface area contributed by atoms with Gasteiger partial charge in [-0.05, 0) is 48.5 Å². The Labute approximate surface area is 196 Å². The third-order valence-corrected chi connectivity index (χ3v) is 7.22. The SMILES string of the molecule is CN(CC(=O)Nc1ccc(-c2nc3ccccc3[nH]2)cc1)S(=O)(=O)c1ccc2c(c1)OCCO2. The van der Waals surface area contributed by atoms with Crippen molar-refractivity contribution in [1.29, 1.82) is 0 Å². The van der Waals surface area contributed by atoms with Crippen LogP contribution in [0.1, 0.15) is 0 Å². The minimum Gasteiger partial charge on any atom is -0.486 e. The highest BCUT2D eigenvalue weighted by Crippen LogP contribution is 2.33. The summed E-state index contributed by atoms with van der Waals surface area (Å²) in [6, 6.07) is 19.3. The van der Waals surface area contributed by atoms with Crippen LogP contribution < -0.4 is 14.8 Å². The molecular weight excluding hydrogens is 456 g/mol. The maximum atomic E-state index is 12.9. The van der Waals surface area contributed by atoms with Crippen molar-refractivity contribution in [3.05, 3.63) is 66.7 Å². The quantitative estimate of drug-likeness (QED) is 0.440. The molecule has 1 amide bonds. The van der Waals surface area contributed by atoms with Gasteiger partial charge in [0.2, 0.25) is 15.9 Å². The fourth-order valence-corrected chi connectivity index (χ4v) is 4.80. The second-order valence-corrected chi connectivity index (χ2v) is 9.84. The van der Waals surface area contributed by atoms with Gasteiger partial charge in [0.05, 0.1) is 22.5 Å². The molecule has 0 saturated heterocycles. The summed E-state index contributed by atoms with van der Waals surface area (Å²) in [4.78, 5) is 20.4. The Morgan fingerprint density at radius 2 is 1.76 bits per heavy atom. The standard InChI is InChI=1S/C24H22N4O5S/c1-28(34(30,31)18-10-11-21-22(14-18)33-13-12-32-21)15-23(29)25-17-8-6-16(7-9-17)24-26-19-4-2-3-5-20(19)27-24/h2-11,14H,12-13,15H2,1H3,(H,25,29)(H,26,27). The second-order valence-electron chi connectivity index (χ2n) is 7.79. The lowest BCUT2D eigenvalue weighted by atomic mass is 10.2. The van der Waals surface area contributed by atoms with Gasteiger partial charge in [-0.15, -0.1) is 0 Å². The summed E-state index contributed by atoms with van der Waals surface area (Å²) in [5, 5.41) is 2.73. The Morgan fingerprint density at radius 1 is 1.03 bits per heavy atom. The number of benzene rings is 3. The van der Waals surface area contributed by atoms with Crippen LogP contribution in [0.25, 0.3) is 22.4 Å². The molecule has 0 spiro atoms. The van der Waals surface area contributed by atoms with Crippen LogP contribution in [0.3, 0.4) is 0 Å². The number of hydrogen-bond acceptors (Lipinski definition) is 6. The molecule has 0 bridgehead atoms. The maximum Gasteiger partial charge on any atom is 0.243 e. The van der Waals surface area contributed by atoms with E-state index in [0.29, 0.717) is 30.4 Å². The Bertz CT molecular complexity index is 1430. The van der Waals surface area contributed by atoms with Crippen LogP contribution in [-0.4, -0.2) is 55.4 Å². The van der Waals surface area contributed by atoms with Crippen molar-refractivity contribution in [3.8, 4) is 22.9 Å². The van der Waals surface area contributed by atoms with Crippen LogP contribution in [0.2, 0.25) is 0 Å². The predicted octanol–water partition coefficient (Wildman–Crippen LogP) is 3.26. The highest BCUT2D eigenvalue weighted by Gasteiger charge is 2.25. The Balaban J connectivity index is 1.24. The fraction of sp³-hybridized carbons (Fsp3) is 0.167. The molecule has 1 aromatic heterocycles. The number of anilines is 1. The maximum absolute atomic E-state index is 12.9. The topological polar surface area (TPSA) is 114 Å². The van der Waals surface area contributed by atoms with E-state index in [0.717, 1.165) is 26.7 Å². The predicted molar refractivity (Wildman–Crippen MR) is 127 cm³/mol. The minimum absolute atomic E-state index is 0.0298. The van der Waals surface area contributed by atoms with E-state index in [1.54, 1.807) is 18.2 Å². The fourth-order valence-electron chi connectivity index (χ4n) is 3.65. The molecule has 5 rings (SSSR count). The number of amides is 1. The summed E-state index contributed by atoms with van der Waals surface area (Å²) < 4.78 is 37.7. The van der Waals surface area contributed by atoms with Gasteiger partial charge in [-0.25, -0.2) is 13.4 Å². The molecule has 2 N–H and O–H groups in total. The zero-order valence-electron chi connectivity index (χ0n) is 18.3. The smallest absolute Gasteiger partial charge is 0.243 e. The first-order chi connectivity index (χ1) is 16.4. The van der Waals surface area contributed by atoms with E-state index in [1.807, 2.05) is 36.4 Å². The number of nitrogens with one attached hydrogen (secondary N) is 2. The number of aromatic nitrogens is 2. The first kappa shape index (κ1) is 21.9. The van der Waals surface area contributed by atoms with E-state index in [9.17, 15) is 13.2 Å². The van der Waals surface area contributed by atoms with Gasteiger partial charge in [0.1, 0.15) is 19.0 Å². The number of aromatic amines is 1. The highest BCUT2D eigenvalue weighted by atomic mass is 32.2. The molecule has 0 fully saturated rings. The molecule has 0 saturated carbocycles. The van der Waals surface area contributed by atoms with E-state index in [1.165, 1.54) is 19.2 Å². The summed E-state index contributed by atoms with van der Waals surface area (Å²) in [5.74, 6) is 1.14. The van der Waals surface area contributed by atoms with E-state index >= 15 is 0 Å². The van der Waals surface area contributed by atoms with Crippen molar-refractivity contribution in [2.45, 2.75) is 4.90 Å². The molecule has 2 heterocycles. The normalized spacial score (nSPS) is 13.2. The van der Waals surface area contributed by atoms with Crippen molar-refractivity contribution in [1.82, 2.24) is 14.3 Å². The molecule has 174 valence electrons. The average Bonchev–Trinajstić information content (AvgIpc) is 3.28. The number of hydrogen-bond donors (Lipinski definition) is 2. The molecule has 0 aliphatic carbocycles. The minimum atomic E-state index is -3.89. The van der Waals surface area contributed by atoms with E-state index in [4.69, 9.17) is 9.47 Å². The number of likely N-dealkylation sites (N-methyl/N-ethyl adjacent to an activating group) is 1. The molecule has 4 aromatic rings. The molecule has 0 unspecified atom stereocenters. The Hall–Kier alpha value is -3.89. The highest BCUT2D eigenvalue weighted by molar-refractivity contribution is 7.89. The van der Waals surface area contributed by atoms with Gasteiger partial charge in [-0.1, -0.05) is 12.1 Å². The number of ether oxygens (including phenoxy) is 2. The largest absolute Gasteiger partial charge is 0.486 e. The number of carbonyl (C=O) groups excluding carboxylic acids is 1. The number of para-hydroxylation sites is 2. The summed E-state index contributed by atoms with van der Waals surface area (Å²) in [6.45, 7) is 0.421. The summed E-state index contributed by atoms with van der Waals surface area (Å²) in [5.41, 5.74) is 3.23. The molecule has 3 aromatic carbocycles. The number of imidazole rings is 1. The Kier molecular flexibility index (Phi) is 5.68. The summed E-state index contributed by atoms with van der Waals surface area (Å²) in [7, 11) is -2.53. The summed E-state index contributed by atoms with van der Waals surface area (Å²) in [6.07, 6.45) is 0. The van der Waals surface area contributed by atoms with Gasteiger partial charge in [-0.2, -0.15) is 4.31 Å². The molecule has 34 heavy (non-hydrogen) atoms. The second kappa shape index (κ2) is 8.81. The zero-order chi connectivity index (χ0) is 23.7. The molecule has 9 nitrogen and oxygen atoms in total. The van der Waals surface area contributed by atoms with Crippen LogP contribution in [0, 0.1) is 0 Å². The van der Waals surface area contributed by atoms with Gasteiger partial charge in [-0.3, -0.25) is 4.79 Å². The lowest BCUT2D eigenvalue weighted by Gasteiger charge is -2.21. The molecule has 10 heteroatoms. The third kappa shape index (κ3) is 4.33. The van der Waals surface area contributed by atoms with Gasteiger partial charge >= 0.3 is 0 Å². The number of sulfonamides is 1. The van der Waals surface area contributed by atoms with Crippen LogP contribution in [0.5, 0.6) is 11.5 Å². The van der Waals surface area contributed by atoms with Crippen molar-refractivity contribution >= 4 is 32.7 Å². The first-order valence-electron chi connectivity index (χ1n) is 10.6. The van der Waals surface area contributed by atoms with Crippen molar-refractivity contribution in [2.75, 3.05) is 32.1 Å². The van der Waals surface area contributed by atoms with E-state index in [2.05, 4.69) is 15.3 Å². The molecule has 1 aliphatic heterocycles.